The zero-order valence-electron chi connectivity index (χ0n) is 19.2. The largest absolute Gasteiger partial charge is 0.483 e. The van der Waals surface area contributed by atoms with Crippen molar-refractivity contribution in [3.8, 4) is 5.75 Å². The first kappa shape index (κ1) is 24.1. The van der Waals surface area contributed by atoms with E-state index in [9.17, 15) is 9.59 Å². The molecule has 0 spiro atoms. The van der Waals surface area contributed by atoms with Gasteiger partial charge in [0, 0.05) is 17.6 Å². The smallest absolute Gasteiger partial charge is 0.261 e. The van der Waals surface area contributed by atoms with Crippen LogP contribution in [-0.4, -0.2) is 35.4 Å². The molecule has 6 heteroatoms. The van der Waals surface area contributed by atoms with Gasteiger partial charge in [0.05, 0.1) is 0 Å². The first-order valence-corrected chi connectivity index (χ1v) is 11.8. The summed E-state index contributed by atoms with van der Waals surface area (Å²) in [5, 5.41) is 3.74. The maximum absolute atomic E-state index is 13.2. The van der Waals surface area contributed by atoms with Crippen molar-refractivity contribution in [2.24, 2.45) is 0 Å². The van der Waals surface area contributed by atoms with Crippen LogP contribution in [0.15, 0.2) is 42.5 Å². The molecule has 0 radical (unpaired) electrons. The second-order valence-corrected chi connectivity index (χ2v) is 9.17. The van der Waals surface area contributed by atoms with E-state index in [2.05, 4.69) is 5.32 Å². The molecule has 32 heavy (non-hydrogen) atoms. The Kier molecular flexibility index (Phi) is 8.57. The van der Waals surface area contributed by atoms with Crippen LogP contribution in [0.4, 0.5) is 0 Å². The predicted molar refractivity (Wildman–Crippen MR) is 128 cm³/mol. The Bertz CT molecular complexity index is 940. The van der Waals surface area contributed by atoms with Crippen molar-refractivity contribution in [3.05, 3.63) is 64.2 Å². The Balaban J connectivity index is 1.73. The van der Waals surface area contributed by atoms with Gasteiger partial charge < -0.3 is 15.0 Å². The van der Waals surface area contributed by atoms with E-state index in [0.29, 0.717) is 10.8 Å². The van der Waals surface area contributed by atoms with Crippen LogP contribution < -0.4 is 10.1 Å². The molecule has 1 aliphatic carbocycles. The monoisotopic (exact) mass is 456 g/mol. The molecule has 0 aliphatic heterocycles. The van der Waals surface area contributed by atoms with Crippen LogP contribution >= 0.6 is 11.6 Å². The zero-order valence-corrected chi connectivity index (χ0v) is 20.0. The molecule has 0 aromatic heterocycles. The number of nitrogens with zero attached hydrogens (tertiary/aromatic N) is 1. The number of hydrogen-bond donors (Lipinski definition) is 1. The minimum Gasteiger partial charge on any atom is -0.483 e. The summed E-state index contributed by atoms with van der Waals surface area (Å²) in [6.45, 7) is 5.86. The van der Waals surface area contributed by atoms with E-state index in [1.165, 1.54) is 6.42 Å². The molecule has 1 aliphatic rings. The molecule has 1 fully saturated rings. The van der Waals surface area contributed by atoms with Crippen LogP contribution in [0.1, 0.15) is 55.7 Å². The Morgan fingerprint density at radius 1 is 1.12 bits per heavy atom. The third-order valence-corrected chi connectivity index (χ3v) is 6.29. The highest BCUT2D eigenvalue weighted by atomic mass is 35.5. The van der Waals surface area contributed by atoms with Gasteiger partial charge in [-0.1, -0.05) is 55.1 Å². The van der Waals surface area contributed by atoms with Crippen LogP contribution in [0, 0.1) is 13.8 Å². The highest BCUT2D eigenvalue weighted by Crippen LogP contribution is 2.21. The lowest BCUT2D eigenvalue weighted by molar-refractivity contribution is -0.142. The van der Waals surface area contributed by atoms with Crippen molar-refractivity contribution >= 4 is 23.4 Å². The summed E-state index contributed by atoms with van der Waals surface area (Å²) in [7, 11) is 0. The van der Waals surface area contributed by atoms with E-state index in [4.69, 9.17) is 16.3 Å². The molecule has 2 amide bonds. The quantitative estimate of drug-likeness (QED) is 0.593. The molecule has 0 bridgehead atoms. The Morgan fingerprint density at radius 2 is 1.88 bits per heavy atom. The van der Waals surface area contributed by atoms with Gasteiger partial charge in [-0.05, 0) is 68.5 Å². The Hall–Kier alpha value is -2.53. The van der Waals surface area contributed by atoms with Gasteiger partial charge in [-0.2, -0.15) is 0 Å². The standard InChI is InChI=1S/C26H33ClN2O3/c1-18-12-13-19(2)24(14-18)32-17-25(30)29(16-21-8-7-9-22(27)15-21)20(3)26(31)28-23-10-5-4-6-11-23/h7-9,12-15,20,23H,4-6,10-11,16-17H2,1-3H3,(H,28,31). The van der Waals surface area contributed by atoms with E-state index in [0.717, 1.165) is 42.4 Å². The number of hydrogen-bond acceptors (Lipinski definition) is 3. The molecule has 0 heterocycles. The van der Waals surface area contributed by atoms with Crippen LogP contribution in [0.2, 0.25) is 5.02 Å². The average Bonchev–Trinajstić information content (AvgIpc) is 2.78. The third-order valence-electron chi connectivity index (χ3n) is 6.06. The van der Waals surface area contributed by atoms with Gasteiger partial charge in [0.2, 0.25) is 5.91 Å². The van der Waals surface area contributed by atoms with Crippen LogP contribution in [0.25, 0.3) is 0 Å². The molecule has 2 aromatic rings. The number of carbonyl (C=O) groups excluding carboxylic acids is 2. The highest BCUT2D eigenvalue weighted by molar-refractivity contribution is 6.30. The van der Waals surface area contributed by atoms with Gasteiger partial charge in [-0.3, -0.25) is 9.59 Å². The molecule has 1 atom stereocenters. The highest BCUT2D eigenvalue weighted by Gasteiger charge is 2.28. The maximum Gasteiger partial charge on any atom is 0.261 e. The second-order valence-electron chi connectivity index (χ2n) is 8.73. The summed E-state index contributed by atoms with van der Waals surface area (Å²) in [6.07, 6.45) is 5.48. The minimum atomic E-state index is -0.620. The summed E-state index contributed by atoms with van der Waals surface area (Å²) in [4.78, 5) is 27.8. The first-order chi connectivity index (χ1) is 15.3. The fraction of sp³-hybridized carbons (Fsp3) is 0.462. The summed E-state index contributed by atoms with van der Waals surface area (Å²) in [5.74, 6) is 0.316. The van der Waals surface area contributed by atoms with Crippen molar-refractivity contribution in [1.82, 2.24) is 10.2 Å². The van der Waals surface area contributed by atoms with Gasteiger partial charge >= 0.3 is 0 Å². The molecule has 5 nitrogen and oxygen atoms in total. The number of benzene rings is 2. The van der Waals surface area contributed by atoms with Crippen molar-refractivity contribution in [3.63, 3.8) is 0 Å². The van der Waals surface area contributed by atoms with Crippen LogP contribution in [0.3, 0.4) is 0 Å². The molecular formula is C26H33ClN2O3. The number of nitrogens with one attached hydrogen (secondary N) is 1. The van der Waals surface area contributed by atoms with Crippen LogP contribution in [0.5, 0.6) is 5.75 Å². The third kappa shape index (κ3) is 6.73. The number of halogens is 1. The zero-order chi connectivity index (χ0) is 23.1. The van der Waals surface area contributed by atoms with E-state index in [-0.39, 0.29) is 31.0 Å². The van der Waals surface area contributed by atoms with Crippen LogP contribution in [-0.2, 0) is 16.1 Å². The Morgan fingerprint density at radius 3 is 2.59 bits per heavy atom. The summed E-state index contributed by atoms with van der Waals surface area (Å²) in [5.41, 5.74) is 2.90. The first-order valence-electron chi connectivity index (χ1n) is 11.4. The number of aryl methyl sites for hydroxylation is 2. The fourth-order valence-electron chi connectivity index (χ4n) is 4.07. The summed E-state index contributed by atoms with van der Waals surface area (Å²) < 4.78 is 5.85. The molecule has 2 aromatic carbocycles. The predicted octanol–water partition coefficient (Wildman–Crippen LogP) is 5.20. The molecule has 1 saturated carbocycles. The van der Waals surface area contributed by atoms with Gasteiger partial charge in [-0.15, -0.1) is 0 Å². The normalized spacial score (nSPS) is 15.1. The molecule has 1 unspecified atom stereocenters. The van der Waals surface area contributed by atoms with Crippen molar-refractivity contribution in [2.75, 3.05) is 6.61 Å². The summed E-state index contributed by atoms with van der Waals surface area (Å²) in [6, 6.07) is 12.8. The van der Waals surface area contributed by atoms with Gasteiger partial charge in [-0.25, -0.2) is 0 Å². The summed E-state index contributed by atoms with van der Waals surface area (Å²) >= 11 is 6.14. The van der Waals surface area contributed by atoms with E-state index in [1.54, 1.807) is 17.9 Å². The van der Waals surface area contributed by atoms with E-state index < -0.39 is 6.04 Å². The number of ether oxygens (including phenoxy) is 1. The average molecular weight is 457 g/mol. The minimum absolute atomic E-state index is 0.126. The lowest BCUT2D eigenvalue weighted by Gasteiger charge is -2.31. The van der Waals surface area contributed by atoms with Gasteiger partial charge in [0.25, 0.3) is 5.91 Å². The SMILES string of the molecule is Cc1ccc(C)c(OCC(=O)N(Cc2cccc(Cl)c2)C(C)C(=O)NC2CCCCC2)c1. The van der Waals surface area contributed by atoms with Crippen molar-refractivity contribution < 1.29 is 14.3 Å². The lowest BCUT2D eigenvalue weighted by atomic mass is 9.95. The number of amides is 2. The fourth-order valence-corrected chi connectivity index (χ4v) is 4.28. The molecule has 0 saturated heterocycles. The maximum atomic E-state index is 13.2. The van der Waals surface area contributed by atoms with Crippen molar-refractivity contribution in [1.29, 1.82) is 0 Å². The topological polar surface area (TPSA) is 58.6 Å². The number of rotatable bonds is 8. The molecule has 172 valence electrons. The second kappa shape index (κ2) is 11.4. The Labute approximate surface area is 196 Å². The molecular weight excluding hydrogens is 424 g/mol. The van der Waals surface area contributed by atoms with Gasteiger partial charge in [0.1, 0.15) is 11.8 Å². The van der Waals surface area contributed by atoms with Crippen molar-refractivity contribution in [2.45, 2.75) is 71.5 Å². The molecule has 3 rings (SSSR count). The van der Waals surface area contributed by atoms with Gasteiger partial charge in [0.15, 0.2) is 6.61 Å². The molecule has 1 N–H and O–H groups in total. The lowest BCUT2D eigenvalue weighted by Crippen LogP contribution is -2.51. The van der Waals surface area contributed by atoms with E-state index in [1.807, 2.05) is 50.2 Å². The number of carbonyl (C=O) groups is 2. The van der Waals surface area contributed by atoms with E-state index >= 15 is 0 Å².